The number of aryl methyl sites for hydroxylation is 2. The fraction of sp³-hybridized carbons (Fsp3) is 0.231. The summed E-state index contributed by atoms with van der Waals surface area (Å²) < 4.78 is 13.4. The number of benzene rings is 3. The van der Waals surface area contributed by atoms with Gasteiger partial charge >= 0.3 is 13.3 Å². The van der Waals surface area contributed by atoms with E-state index in [0.717, 1.165) is 16.7 Å². The molecule has 1 atom stereocenters. The van der Waals surface area contributed by atoms with Crippen molar-refractivity contribution in [2.45, 2.75) is 40.0 Å². The first kappa shape index (κ1) is 25.6. The van der Waals surface area contributed by atoms with Gasteiger partial charge in [-0.2, -0.15) is 0 Å². The quantitative estimate of drug-likeness (QED) is 0.194. The van der Waals surface area contributed by atoms with Gasteiger partial charge in [0.05, 0.1) is 15.6 Å². The number of rotatable bonds is 5. The van der Waals surface area contributed by atoms with Crippen molar-refractivity contribution in [2.24, 2.45) is 0 Å². The zero-order valence-electron chi connectivity index (χ0n) is 18.9. The van der Waals surface area contributed by atoms with E-state index >= 15 is 0 Å². The third kappa shape index (κ3) is 5.08. The molecule has 0 bridgehead atoms. The molecule has 0 aliphatic carbocycles. The monoisotopic (exact) mass is 519 g/mol. The molecule has 1 unspecified atom stereocenters. The Hall–Kier alpha value is -2.03. The van der Waals surface area contributed by atoms with E-state index in [1.54, 1.807) is 30.3 Å². The fourth-order valence-corrected chi connectivity index (χ4v) is 6.14. The smallest absolute Gasteiger partial charge is 0.289 e. The van der Waals surface area contributed by atoms with Gasteiger partial charge in [0.15, 0.2) is 5.78 Å². The van der Waals surface area contributed by atoms with Gasteiger partial charge < -0.3 is 0 Å². The lowest BCUT2D eigenvalue weighted by molar-refractivity contribution is 0.103. The summed E-state index contributed by atoms with van der Waals surface area (Å²) >= 11 is 19.2. The van der Waals surface area contributed by atoms with Gasteiger partial charge in [-0.1, -0.05) is 103 Å². The maximum Gasteiger partial charge on any atom is 0.461 e. The summed E-state index contributed by atoms with van der Waals surface area (Å²) in [5.74, 6) is -0.373. The third-order valence-electron chi connectivity index (χ3n) is 5.42. The molecule has 0 aromatic heterocycles. The molecule has 3 aromatic carbocycles. The van der Waals surface area contributed by atoms with E-state index in [9.17, 15) is 14.2 Å². The molecule has 0 aliphatic heterocycles. The number of hydrogen-bond donors (Lipinski definition) is 0. The molecule has 0 saturated heterocycles. The Morgan fingerprint density at radius 1 is 0.848 bits per heavy atom. The van der Waals surface area contributed by atoms with Gasteiger partial charge in [0.1, 0.15) is 5.02 Å². The van der Waals surface area contributed by atoms with Crippen molar-refractivity contribution in [3.05, 3.63) is 97.0 Å². The standard InChI is InChI=1S/C26H23Cl3O3P/c1-14-11-17(26(3,4)5)12-15(2)20(14)25(31)33(32)24-19(27)13-18(21(28)22(24)29)23(30)16-9-7-6-8-10-16/h6-13H,1-5H3/q+1. The Morgan fingerprint density at radius 3 is 1.91 bits per heavy atom. The van der Waals surface area contributed by atoms with Gasteiger partial charge in [-0.15, -0.1) is 0 Å². The summed E-state index contributed by atoms with van der Waals surface area (Å²) in [6.07, 6.45) is 0. The second kappa shape index (κ2) is 9.68. The molecular weight excluding hydrogens is 498 g/mol. The molecule has 170 valence electrons. The molecule has 0 fully saturated rings. The first-order valence-corrected chi connectivity index (χ1v) is 12.6. The maximum atomic E-state index is 13.4. The second-order valence-electron chi connectivity index (χ2n) is 8.91. The Labute approximate surface area is 209 Å². The van der Waals surface area contributed by atoms with Crippen LogP contribution >= 0.6 is 42.6 Å². The molecule has 3 aromatic rings. The first-order valence-electron chi connectivity index (χ1n) is 10.2. The molecule has 0 amide bonds. The lowest BCUT2D eigenvalue weighted by Gasteiger charge is -2.21. The molecule has 0 saturated carbocycles. The minimum Gasteiger partial charge on any atom is -0.289 e. The van der Waals surface area contributed by atoms with Crippen molar-refractivity contribution < 1.29 is 14.2 Å². The van der Waals surface area contributed by atoms with E-state index in [4.69, 9.17) is 34.8 Å². The van der Waals surface area contributed by atoms with Gasteiger partial charge in [0.2, 0.25) is 5.30 Å². The number of carbonyl (C=O) groups is 2. The average Bonchev–Trinajstić information content (AvgIpc) is 2.75. The predicted octanol–water partition coefficient (Wildman–Crippen LogP) is 8.09. The normalized spacial score (nSPS) is 11.9. The van der Waals surface area contributed by atoms with Crippen LogP contribution in [0.2, 0.25) is 15.1 Å². The van der Waals surface area contributed by atoms with Crippen molar-refractivity contribution in [2.75, 3.05) is 0 Å². The zero-order chi connectivity index (χ0) is 24.7. The Morgan fingerprint density at radius 2 is 1.39 bits per heavy atom. The average molecular weight is 521 g/mol. The molecule has 0 aliphatic rings. The van der Waals surface area contributed by atoms with Crippen molar-refractivity contribution in [3.63, 3.8) is 0 Å². The van der Waals surface area contributed by atoms with Crippen molar-refractivity contribution >= 4 is 59.2 Å². The maximum absolute atomic E-state index is 13.4. The molecule has 0 spiro atoms. The van der Waals surface area contributed by atoms with E-state index in [1.807, 2.05) is 26.0 Å². The van der Waals surface area contributed by atoms with E-state index in [2.05, 4.69) is 20.8 Å². The first-order chi connectivity index (χ1) is 15.3. The topological polar surface area (TPSA) is 51.2 Å². The van der Waals surface area contributed by atoms with Crippen LogP contribution in [0.15, 0.2) is 48.5 Å². The summed E-state index contributed by atoms with van der Waals surface area (Å²) in [7, 11) is -2.68. The lowest BCUT2D eigenvalue weighted by Crippen LogP contribution is -2.15. The van der Waals surface area contributed by atoms with Gasteiger partial charge in [-0.25, -0.2) is 4.79 Å². The number of halogens is 3. The van der Waals surface area contributed by atoms with Crippen LogP contribution in [0.1, 0.15) is 63.7 Å². The summed E-state index contributed by atoms with van der Waals surface area (Å²) in [6, 6.07) is 13.7. The van der Waals surface area contributed by atoms with E-state index in [0.29, 0.717) is 11.1 Å². The van der Waals surface area contributed by atoms with Crippen LogP contribution < -0.4 is 5.30 Å². The van der Waals surface area contributed by atoms with Crippen LogP contribution in [0.5, 0.6) is 0 Å². The largest absolute Gasteiger partial charge is 0.461 e. The summed E-state index contributed by atoms with van der Waals surface area (Å²) in [4.78, 5) is 26.2. The highest BCUT2D eigenvalue weighted by Crippen LogP contribution is 2.40. The molecule has 33 heavy (non-hydrogen) atoms. The molecule has 3 rings (SSSR count). The summed E-state index contributed by atoms with van der Waals surface area (Å²) in [6.45, 7) is 9.89. The Balaban J connectivity index is 2.06. The van der Waals surface area contributed by atoms with Crippen molar-refractivity contribution in [3.8, 4) is 0 Å². The lowest BCUT2D eigenvalue weighted by atomic mass is 9.84. The van der Waals surface area contributed by atoms with Crippen molar-refractivity contribution in [1.29, 1.82) is 0 Å². The molecule has 3 nitrogen and oxygen atoms in total. The fourth-order valence-electron chi connectivity index (χ4n) is 3.62. The Bertz CT molecular complexity index is 1270. The van der Waals surface area contributed by atoms with Gasteiger partial charge in [0, 0.05) is 11.1 Å². The molecule has 0 N–H and O–H groups in total. The van der Waals surface area contributed by atoms with E-state index < -0.39 is 13.3 Å². The van der Waals surface area contributed by atoms with Gasteiger partial charge in [-0.3, -0.25) is 4.79 Å². The SMILES string of the molecule is Cc1cc(C(C)(C)C)cc(C)c1C(=O)[P+](=O)c1c(Cl)cc(C(=O)c2ccccc2)c(Cl)c1Cl. The Kier molecular flexibility index (Phi) is 7.51. The zero-order valence-corrected chi connectivity index (χ0v) is 22.1. The minimum absolute atomic E-state index is 0.0419. The van der Waals surface area contributed by atoms with Gasteiger partial charge in [-0.05, 0) is 42.0 Å². The number of carbonyl (C=O) groups excluding carboxylic acids is 2. The van der Waals surface area contributed by atoms with Crippen molar-refractivity contribution in [1.82, 2.24) is 0 Å². The highest BCUT2D eigenvalue weighted by atomic mass is 35.5. The molecular formula is C26H23Cl3O3P+. The van der Waals surface area contributed by atoms with Crippen LogP contribution in [0.25, 0.3) is 0 Å². The molecule has 7 heteroatoms. The molecule has 0 heterocycles. The second-order valence-corrected chi connectivity index (χ2v) is 11.5. The number of ketones is 1. The third-order valence-corrected chi connectivity index (χ3v) is 8.31. The number of hydrogen-bond acceptors (Lipinski definition) is 3. The van der Waals surface area contributed by atoms with Crippen LogP contribution in [0, 0.1) is 13.8 Å². The van der Waals surface area contributed by atoms with Crippen LogP contribution in [0.3, 0.4) is 0 Å². The predicted molar refractivity (Wildman–Crippen MR) is 138 cm³/mol. The summed E-state index contributed by atoms with van der Waals surface area (Å²) in [5, 5.41) is -0.344. The molecule has 0 radical (unpaired) electrons. The summed E-state index contributed by atoms with van der Waals surface area (Å²) in [5.41, 5.74) is 2.71. The van der Waals surface area contributed by atoms with E-state index in [-0.39, 0.29) is 37.1 Å². The minimum atomic E-state index is -2.68. The van der Waals surface area contributed by atoms with Crippen LogP contribution in [-0.4, -0.2) is 11.3 Å². The van der Waals surface area contributed by atoms with Crippen LogP contribution in [-0.2, 0) is 9.98 Å². The van der Waals surface area contributed by atoms with E-state index in [1.165, 1.54) is 6.07 Å². The van der Waals surface area contributed by atoms with Crippen LogP contribution in [0.4, 0.5) is 0 Å². The highest BCUT2D eigenvalue weighted by Gasteiger charge is 2.41. The highest BCUT2D eigenvalue weighted by molar-refractivity contribution is 7.72. The van der Waals surface area contributed by atoms with Gasteiger partial charge in [0.25, 0.3) is 0 Å².